The molecule has 2 aliphatic rings. The van der Waals surface area contributed by atoms with Crippen LogP contribution in [-0.2, 0) is 48.2 Å². The molecule has 3 aromatic rings. The number of hydrogen-bond acceptors (Lipinski definition) is 9. The molecular weight excluding hydrogens is 636 g/mol. The van der Waals surface area contributed by atoms with Gasteiger partial charge in [-0.25, -0.2) is 4.79 Å². The van der Waals surface area contributed by atoms with Gasteiger partial charge in [-0.3, -0.25) is 0 Å². The van der Waals surface area contributed by atoms with E-state index in [-0.39, 0.29) is 30.6 Å². The number of carbonyl (C=O) groups is 1. The highest BCUT2D eigenvalue weighted by atomic mass is 16.6. The second kappa shape index (κ2) is 19.7. The lowest BCUT2D eigenvalue weighted by Crippen LogP contribution is -2.52. The van der Waals surface area contributed by atoms with E-state index in [1.165, 1.54) is 0 Å². The second-order valence-corrected chi connectivity index (χ2v) is 13.3. The number of fused-ring (bicyclic) bond motifs is 1. The van der Waals surface area contributed by atoms with Crippen molar-refractivity contribution in [1.82, 2.24) is 4.90 Å². The highest BCUT2D eigenvalue weighted by Gasteiger charge is 2.41. The summed E-state index contributed by atoms with van der Waals surface area (Å²) in [5.41, 5.74) is 5.32. The molecule has 272 valence electrons. The van der Waals surface area contributed by atoms with E-state index in [0.717, 1.165) is 53.2 Å². The largest absolute Gasteiger partial charge is 0.490 e. The average molecular weight is 691 g/mol. The van der Waals surface area contributed by atoms with Crippen molar-refractivity contribution >= 4 is 11.8 Å². The molecule has 0 N–H and O–H groups in total. The van der Waals surface area contributed by atoms with E-state index < -0.39 is 0 Å². The van der Waals surface area contributed by atoms with E-state index in [0.29, 0.717) is 65.3 Å². The van der Waals surface area contributed by atoms with Crippen molar-refractivity contribution < 1.29 is 38.0 Å². The van der Waals surface area contributed by atoms with Crippen molar-refractivity contribution in [3.63, 3.8) is 0 Å². The Morgan fingerprint density at radius 2 is 1.64 bits per heavy atom. The Hall–Kier alpha value is -3.67. The average Bonchev–Trinajstić information content (AvgIpc) is 3.14. The third kappa shape index (κ3) is 10.7. The van der Waals surface area contributed by atoms with E-state index in [9.17, 15) is 4.79 Å². The summed E-state index contributed by atoms with van der Waals surface area (Å²) in [5, 5.41) is 0. The standard InChI is InChI=1S/C40H54N2O8/c1-30(24-45-3)25-47-26-32-11-14-34(15-12-32)39-35(29-46-4)22-42(40(43)50-27-31-9-6-5-7-10-31)23-38(39)49-28-33-13-16-37-36(21-33)41(18-20-48-37)17-8-19-44-2/h5-7,9-16,21,30,35,38-39H,8,17-20,22-29H2,1-4H3/t30?,35-,38-,39-/m0/s1. The molecule has 0 aliphatic carbocycles. The van der Waals surface area contributed by atoms with Crippen LogP contribution in [0.4, 0.5) is 10.5 Å². The number of likely N-dealkylation sites (tertiary alicyclic amines) is 1. The molecule has 1 unspecified atom stereocenters. The Bertz CT molecular complexity index is 1440. The molecule has 0 spiro atoms. The predicted octanol–water partition coefficient (Wildman–Crippen LogP) is 6.31. The second-order valence-electron chi connectivity index (χ2n) is 13.3. The van der Waals surface area contributed by atoms with Crippen molar-refractivity contribution in [2.24, 2.45) is 11.8 Å². The van der Waals surface area contributed by atoms with Crippen molar-refractivity contribution in [1.29, 1.82) is 0 Å². The third-order valence-corrected chi connectivity index (χ3v) is 9.32. The van der Waals surface area contributed by atoms with Crippen LogP contribution in [0.1, 0.15) is 41.5 Å². The number of ether oxygens (including phenoxy) is 7. The summed E-state index contributed by atoms with van der Waals surface area (Å²) in [6.45, 7) is 9.04. The van der Waals surface area contributed by atoms with E-state index >= 15 is 0 Å². The minimum Gasteiger partial charge on any atom is -0.490 e. The summed E-state index contributed by atoms with van der Waals surface area (Å²) < 4.78 is 40.8. The number of amides is 1. The van der Waals surface area contributed by atoms with Crippen LogP contribution < -0.4 is 9.64 Å². The van der Waals surface area contributed by atoms with Gasteiger partial charge in [0.15, 0.2) is 0 Å². The van der Waals surface area contributed by atoms with Gasteiger partial charge in [0.2, 0.25) is 0 Å². The molecular formula is C40H54N2O8. The molecule has 50 heavy (non-hydrogen) atoms. The number of carbonyl (C=O) groups excluding carboxylic acids is 1. The maximum atomic E-state index is 13.5. The zero-order valence-corrected chi connectivity index (χ0v) is 30.1. The molecule has 1 saturated heterocycles. The molecule has 2 heterocycles. The molecule has 4 atom stereocenters. The lowest BCUT2D eigenvalue weighted by atomic mass is 9.78. The molecule has 0 saturated carbocycles. The van der Waals surface area contributed by atoms with E-state index in [1.54, 1.807) is 26.2 Å². The number of anilines is 1. The van der Waals surface area contributed by atoms with Crippen LogP contribution in [0.5, 0.6) is 5.75 Å². The van der Waals surface area contributed by atoms with E-state index in [2.05, 4.69) is 48.2 Å². The Morgan fingerprint density at radius 3 is 2.40 bits per heavy atom. The van der Waals surface area contributed by atoms with Crippen molar-refractivity contribution in [2.45, 2.75) is 45.2 Å². The minimum absolute atomic E-state index is 0.00341. The lowest BCUT2D eigenvalue weighted by molar-refractivity contribution is -0.0555. The number of piperidine rings is 1. The predicted molar refractivity (Wildman–Crippen MR) is 193 cm³/mol. The van der Waals surface area contributed by atoms with Crippen LogP contribution in [0.15, 0.2) is 72.8 Å². The molecule has 2 aliphatic heterocycles. The normalized spacial score (nSPS) is 19.5. The quantitative estimate of drug-likeness (QED) is 0.143. The summed E-state index contributed by atoms with van der Waals surface area (Å²) in [6, 6.07) is 24.6. The summed E-state index contributed by atoms with van der Waals surface area (Å²) in [7, 11) is 5.15. The molecule has 0 radical (unpaired) electrons. The molecule has 1 amide bonds. The van der Waals surface area contributed by atoms with Gasteiger partial charge in [-0.15, -0.1) is 0 Å². The first kappa shape index (κ1) is 37.6. The molecule has 0 aromatic heterocycles. The fourth-order valence-electron chi connectivity index (χ4n) is 6.87. The van der Waals surface area contributed by atoms with E-state index in [1.807, 2.05) is 36.4 Å². The number of nitrogens with zero attached hydrogens (tertiary/aromatic N) is 2. The first-order chi connectivity index (χ1) is 24.5. The van der Waals surface area contributed by atoms with Crippen molar-refractivity contribution in [3.05, 3.63) is 95.1 Å². The van der Waals surface area contributed by atoms with Gasteiger partial charge in [0.25, 0.3) is 0 Å². The Morgan fingerprint density at radius 1 is 0.860 bits per heavy atom. The first-order valence-electron chi connectivity index (χ1n) is 17.7. The molecule has 5 rings (SSSR count). The Kier molecular flexibility index (Phi) is 14.8. The Labute approximate surface area is 297 Å². The van der Waals surface area contributed by atoms with E-state index in [4.69, 9.17) is 33.2 Å². The topological polar surface area (TPSA) is 88.2 Å². The van der Waals surface area contributed by atoms with Gasteiger partial charge in [0.1, 0.15) is 19.0 Å². The fourth-order valence-corrected chi connectivity index (χ4v) is 6.87. The van der Waals surface area contributed by atoms with Gasteiger partial charge < -0.3 is 43.0 Å². The SMILES string of the molecule is COCCCN1CCOc2ccc(CO[C@H]3CN(C(=O)OCc4ccccc4)C[C@@H](COC)[C@@H]3c3ccc(COCC(C)COC)cc3)cc21. The number of benzene rings is 3. The third-order valence-electron chi connectivity index (χ3n) is 9.32. The van der Waals surface area contributed by atoms with Crippen LogP contribution in [0.25, 0.3) is 0 Å². The first-order valence-corrected chi connectivity index (χ1v) is 17.7. The summed E-state index contributed by atoms with van der Waals surface area (Å²) >= 11 is 0. The number of hydrogen-bond donors (Lipinski definition) is 0. The molecule has 10 nitrogen and oxygen atoms in total. The monoisotopic (exact) mass is 690 g/mol. The number of methoxy groups -OCH3 is 3. The maximum Gasteiger partial charge on any atom is 0.410 e. The summed E-state index contributed by atoms with van der Waals surface area (Å²) in [6.07, 6.45) is 0.292. The molecule has 1 fully saturated rings. The molecule has 0 bridgehead atoms. The van der Waals surface area contributed by atoms with Gasteiger partial charge in [0, 0.05) is 58.8 Å². The zero-order chi connectivity index (χ0) is 35.1. The van der Waals surface area contributed by atoms with Gasteiger partial charge >= 0.3 is 6.09 Å². The zero-order valence-electron chi connectivity index (χ0n) is 30.1. The summed E-state index contributed by atoms with van der Waals surface area (Å²) in [5.74, 6) is 1.21. The smallest absolute Gasteiger partial charge is 0.410 e. The maximum absolute atomic E-state index is 13.5. The van der Waals surface area contributed by atoms with Gasteiger partial charge in [-0.2, -0.15) is 0 Å². The molecule has 10 heteroatoms. The fraction of sp³-hybridized carbons (Fsp3) is 0.525. The van der Waals surface area contributed by atoms with Gasteiger partial charge in [0.05, 0.1) is 57.9 Å². The Balaban J connectivity index is 1.33. The highest BCUT2D eigenvalue weighted by Crippen LogP contribution is 2.38. The van der Waals surface area contributed by atoms with Crippen LogP contribution in [0.2, 0.25) is 0 Å². The summed E-state index contributed by atoms with van der Waals surface area (Å²) in [4.78, 5) is 17.6. The van der Waals surface area contributed by atoms with Crippen LogP contribution in [-0.4, -0.2) is 97.6 Å². The van der Waals surface area contributed by atoms with Crippen LogP contribution in [0.3, 0.4) is 0 Å². The van der Waals surface area contributed by atoms with Crippen molar-refractivity contribution in [2.75, 3.05) is 85.4 Å². The van der Waals surface area contributed by atoms with Gasteiger partial charge in [-0.05, 0) is 40.8 Å². The van der Waals surface area contributed by atoms with Crippen LogP contribution in [0, 0.1) is 11.8 Å². The molecule has 3 aromatic carbocycles. The minimum atomic E-state index is -0.352. The van der Waals surface area contributed by atoms with Gasteiger partial charge in [-0.1, -0.05) is 67.6 Å². The van der Waals surface area contributed by atoms with Crippen molar-refractivity contribution in [3.8, 4) is 5.75 Å². The van der Waals surface area contributed by atoms with Crippen LogP contribution >= 0.6 is 0 Å². The highest BCUT2D eigenvalue weighted by molar-refractivity contribution is 5.68. The number of rotatable bonds is 18. The lowest BCUT2D eigenvalue weighted by Gasteiger charge is -2.43.